The van der Waals surface area contributed by atoms with Gasteiger partial charge in [0.2, 0.25) is 5.95 Å². The van der Waals surface area contributed by atoms with E-state index in [1.54, 1.807) is 12.1 Å². The molecule has 0 saturated carbocycles. The first-order valence-corrected chi connectivity index (χ1v) is 10.7. The van der Waals surface area contributed by atoms with Gasteiger partial charge in [0.1, 0.15) is 12.4 Å². The van der Waals surface area contributed by atoms with E-state index in [0.29, 0.717) is 31.7 Å². The molecule has 1 aromatic heterocycles. The molecule has 2 aliphatic rings. The number of anilines is 1. The van der Waals surface area contributed by atoms with Crippen molar-refractivity contribution in [2.24, 2.45) is 0 Å². The summed E-state index contributed by atoms with van der Waals surface area (Å²) in [5, 5.41) is 0. The van der Waals surface area contributed by atoms with Crippen LogP contribution in [0.15, 0.2) is 47.8 Å². The number of nitrogens with one attached hydrogen (secondary N) is 1. The zero-order valence-electron chi connectivity index (χ0n) is 17.4. The van der Waals surface area contributed by atoms with Crippen LogP contribution in [0, 0.1) is 0 Å². The Morgan fingerprint density at radius 2 is 1.97 bits per heavy atom. The summed E-state index contributed by atoms with van der Waals surface area (Å²) >= 11 is 0. The van der Waals surface area contributed by atoms with E-state index in [0.717, 1.165) is 57.0 Å². The standard InChI is InChI=1S/C23H30N4O3/c1-2-13-30-21-6-4-3-5-19(21)17-26-9-7-18(8-10-26)20-16-22(28)25-23(24-20)27-11-14-29-15-12-27/h2-6,16,18H,1,7-15,17H2,(H,24,25,28). The maximum atomic E-state index is 12.2. The van der Waals surface area contributed by atoms with E-state index in [-0.39, 0.29) is 5.56 Å². The van der Waals surface area contributed by atoms with Crippen LogP contribution in [0.4, 0.5) is 5.95 Å². The van der Waals surface area contributed by atoms with Crippen LogP contribution in [0.3, 0.4) is 0 Å². The molecule has 2 fully saturated rings. The quantitative estimate of drug-likeness (QED) is 0.708. The third-order valence-corrected chi connectivity index (χ3v) is 5.79. The molecule has 7 nitrogen and oxygen atoms in total. The van der Waals surface area contributed by atoms with E-state index in [1.165, 1.54) is 5.56 Å². The fraction of sp³-hybridized carbons (Fsp3) is 0.478. The second-order valence-corrected chi connectivity index (χ2v) is 7.85. The van der Waals surface area contributed by atoms with Crippen molar-refractivity contribution in [3.05, 3.63) is 64.6 Å². The predicted octanol–water partition coefficient (Wildman–Crippen LogP) is 2.55. The molecule has 4 rings (SSSR count). The molecule has 0 radical (unpaired) electrons. The van der Waals surface area contributed by atoms with E-state index < -0.39 is 0 Å². The number of nitrogens with zero attached hydrogens (tertiary/aromatic N) is 3. The third-order valence-electron chi connectivity index (χ3n) is 5.79. The number of likely N-dealkylation sites (tertiary alicyclic amines) is 1. The number of aromatic nitrogens is 2. The molecule has 0 spiro atoms. The lowest BCUT2D eigenvalue weighted by Crippen LogP contribution is -2.39. The summed E-state index contributed by atoms with van der Waals surface area (Å²) in [6.45, 7) is 9.92. The molecule has 2 aromatic rings. The van der Waals surface area contributed by atoms with Crippen molar-refractivity contribution in [1.29, 1.82) is 0 Å². The SMILES string of the molecule is C=CCOc1ccccc1CN1CCC(c2cc(=O)[nH]c(N3CCOCC3)n2)CC1. The summed E-state index contributed by atoms with van der Waals surface area (Å²) < 4.78 is 11.2. The highest BCUT2D eigenvalue weighted by molar-refractivity contribution is 5.34. The van der Waals surface area contributed by atoms with Gasteiger partial charge in [-0.2, -0.15) is 0 Å². The van der Waals surface area contributed by atoms with Gasteiger partial charge in [0.25, 0.3) is 5.56 Å². The maximum Gasteiger partial charge on any atom is 0.252 e. The molecule has 2 saturated heterocycles. The van der Waals surface area contributed by atoms with E-state index in [4.69, 9.17) is 14.5 Å². The van der Waals surface area contributed by atoms with Crippen LogP contribution in [0.1, 0.15) is 30.0 Å². The number of benzene rings is 1. The van der Waals surface area contributed by atoms with Crippen molar-refractivity contribution in [1.82, 2.24) is 14.9 Å². The number of ether oxygens (including phenoxy) is 2. The normalized spacial score (nSPS) is 18.3. The number of H-pyrrole nitrogens is 1. The maximum absolute atomic E-state index is 12.2. The molecule has 0 bridgehead atoms. The number of hydrogen-bond donors (Lipinski definition) is 1. The van der Waals surface area contributed by atoms with Gasteiger partial charge in [0, 0.05) is 37.2 Å². The monoisotopic (exact) mass is 410 g/mol. The summed E-state index contributed by atoms with van der Waals surface area (Å²) in [6, 6.07) is 9.86. The van der Waals surface area contributed by atoms with Gasteiger partial charge in [0.15, 0.2) is 0 Å². The zero-order chi connectivity index (χ0) is 20.8. The second kappa shape index (κ2) is 9.91. The van der Waals surface area contributed by atoms with Gasteiger partial charge in [-0.15, -0.1) is 0 Å². The van der Waals surface area contributed by atoms with Crippen LogP contribution in [0.25, 0.3) is 0 Å². The Morgan fingerprint density at radius 3 is 2.73 bits per heavy atom. The first kappa shape index (κ1) is 20.6. The minimum Gasteiger partial charge on any atom is -0.489 e. The van der Waals surface area contributed by atoms with Gasteiger partial charge in [-0.1, -0.05) is 30.9 Å². The number of aromatic amines is 1. The molecule has 2 aliphatic heterocycles. The van der Waals surface area contributed by atoms with Gasteiger partial charge < -0.3 is 14.4 Å². The summed E-state index contributed by atoms with van der Waals surface area (Å²) in [6.07, 6.45) is 3.76. The average Bonchev–Trinajstić information content (AvgIpc) is 2.79. The van der Waals surface area contributed by atoms with Crippen molar-refractivity contribution in [3.63, 3.8) is 0 Å². The van der Waals surface area contributed by atoms with Crippen LogP contribution in [0.5, 0.6) is 5.75 Å². The molecule has 0 unspecified atom stereocenters. The Labute approximate surface area is 177 Å². The average molecular weight is 411 g/mol. The van der Waals surface area contributed by atoms with E-state index in [2.05, 4.69) is 33.5 Å². The second-order valence-electron chi connectivity index (χ2n) is 7.85. The van der Waals surface area contributed by atoms with Crippen molar-refractivity contribution >= 4 is 5.95 Å². The molecular formula is C23H30N4O3. The lowest BCUT2D eigenvalue weighted by Gasteiger charge is -2.32. The Bertz CT molecular complexity index is 899. The number of rotatable bonds is 7. The molecule has 1 N–H and O–H groups in total. The largest absolute Gasteiger partial charge is 0.489 e. The Hall–Kier alpha value is -2.64. The fourth-order valence-corrected chi connectivity index (χ4v) is 4.15. The summed E-state index contributed by atoms with van der Waals surface area (Å²) in [4.78, 5) is 24.5. The topological polar surface area (TPSA) is 70.7 Å². The first-order chi connectivity index (χ1) is 14.7. The molecule has 0 amide bonds. The van der Waals surface area contributed by atoms with E-state index in [1.807, 2.05) is 12.1 Å². The van der Waals surface area contributed by atoms with Gasteiger partial charge >= 0.3 is 0 Å². The predicted molar refractivity (Wildman–Crippen MR) is 117 cm³/mol. The summed E-state index contributed by atoms with van der Waals surface area (Å²) in [5.74, 6) is 1.91. The Balaban J connectivity index is 1.39. The lowest BCUT2D eigenvalue weighted by molar-refractivity contribution is 0.122. The van der Waals surface area contributed by atoms with Crippen LogP contribution >= 0.6 is 0 Å². The van der Waals surface area contributed by atoms with Gasteiger partial charge in [-0.05, 0) is 32.0 Å². The highest BCUT2D eigenvalue weighted by Crippen LogP contribution is 2.29. The number of piperidine rings is 1. The van der Waals surface area contributed by atoms with Crippen LogP contribution < -0.4 is 15.2 Å². The molecule has 30 heavy (non-hydrogen) atoms. The Morgan fingerprint density at radius 1 is 1.20 bits per heavy atom. The molecule has 0 aliphatic carbocycles. The molecular weight excluding hydrogens is 380 g/mol. The minimum atomic E-state index is -0.0720. The van der Waals surface area contributed by atoms with Gasteiger partial charge in [0.05, 0.1) is 18.9 Å². The fourth-order valence-electron chi connectivity index (χ4n) is 4.15. The van der Waals surface area contributed by atoms with E-state index >= 15 is 0 Å². The number of para-hydroxylation sites is 1. The highest BCUT2D eigenvalue weighted by atomic mass is 16.5. The molecule has 1 aromatic carbocycles. The van der Waals surface area contributed by atoms with Gasteiger partial charge in [-0.25, -0.2) is 4.98 Å². The zero-order valence-corrected chi connectivity index (χ0v) is 17.4. The van der Waals surface area contributed by atoms with Crippen molar-refractivity contribution in [3.8, 4) is 5.75 Å². The van der Waals surface area contributed by atoms with Gasteiger partial charge in [-0.3, -0.25) is 14.7 Å². The number of hydrogen-bond acceptors (Lipinski definition) is 6. The highest BCUT2D eigenvalue weighted by Gasteiger charge is 2.24. The molecule has 7 heteroatoms. The first-order valence-electron chi connectivity index (χ1n) is 10.7. The van der Waals surface area contributed by atoms with E-state index in [9.17, 15) is 4.79 Å². The summed E-state index contributed by atoms with van der Waals surface area (Å²) in [5.41, 5.74) is 2.04. The van der Waals surface area contributed by atoms with Crippen LogP contribution in [0.2, 0.25) is 0 Å². The molecule has 3 heterocycles. The van der Waals surface area contributed by atoms with Crippen molar-refractivity contribution < 1.29 is 9.47 Å². The minimum absolute atomic E-state index is 0.0720. The Kier molecular flexibility index (Phi) is 6.81. The lowest BCUT2D eigenvalue weighted by atomic mass is 9.93. The smallest absolute Gasteiger partial charge is 0.252 e. The number of morpholine rings is 1. The van der Waals surface area contributed by atoms with Crippen molar-refractivity contribution in [2.75, 3.05) is 50.9 Å². The summed E-state index contributed by atoms with van der Waals surface area (Å²) in [7, 11) is 0. The van der Waals surface area contributed by atoms with Crippen LogP contribution in [-0.2, 0) is 11.3 Å². The molecule has 0 atom stereocenters. The molecule has 160 valence electrons. The third kappa shape index (κ3) is 5.09. The van der Waals surface area contributed by atoms with Crippen molar-refractivity contribution in [2.45, 2.75) is 25.3 Å². The van der Waals surface area contributed by atoms with Crippen LogP contribution in [-0.4, -0.2) is 60.9 Å².